The lowest BCUT2D eigenvalue weighted by Gasteiger charge is -2.31. The van der Waals surface area contributed by atoms with E-state index in [0.717, 1.165) is 53.8 Å². The molecule has 0 radical (unpaired) electrons. The highest BCUT2D eigenvalue weighted by molar-refractivity contribution is 6.01. The highest BCUT2D eigenvalue weighted by Crippen LogP contribution is 2.32. The third-order valence-corrected chi connectivity index (χ3v) is 6.67. The molecule has 1 saturated heterocycles. The maximum atomic E-state index is 13.1. The maximum absolute atomic E-state index is 13.1. The SMILES string of the molecule is CNC(=O)C(CCC=O)N1Cc2cc(-c3cc(CN4CCC4)c4cc[nH]c4n3)ccc2C1=O. The van der Waals surface area contributed by atoms with E-state index in [0.29, 0.717) is 18.5 Å². The Bertz CT molecular complexity index is 1230. The van der Waals surface area contributed by atoms with Gasteiger partial charge in [-0.2, -0.15) is 0 Å². The van der Waals surface area contributed by atoms with Gasteiger partial charge in [-0.05, 0) is 61.3 Å². The summed E-state index contributed by atoms with van der Waals surface area (Å²) in [5, 5.41) is 3.75. The van der Waals surface area contributed by atoms with Crippen molar-refractivity contribution < 1.29 is 14.4 Å². The van der Waals surface area contributed by atoms with Gasteiger partial charge in [0.15, 0.2) is 0 Å². The average molecular weight is 446 g/mol. The molecule has 2 aliphatic heterocycles. The van der Waals surface area contributed by atoms with Crippen LogP contribution in [0.4, 0.5) is 0 Å². The lowest BCUT2D eigenvalue weighted by molar-refractivity contribution is -0.125. The van der Waals surface area contributed by atoms with Gasteiger partial charge < -0.3 is 20.0 Å². The molecule has 1 atom stereocenters. The van der Waals surface area contributed by atoms with E-state index in [1.165, 1.54) is 12.0 Å². The first-order valence-corrected chi connectivity index (χ1v) is 11.4. The predicted molar refractivity (Wildman–Crippen MR) is 124 cm³/mol. The number of likely N-dealkylation sites (N-methyl/N-ethyl adjacent to an activating group) is 1. The van der Waals surface area contributed by atoms with Crippen molar-refractivity contribution in [3.8, 4) is 11.3 Å². The van der Waals surface area contributed by atoms with Crippen LogP contribution in [0.2, 0.25) is 0 Å². The number of hydrogen-bond acceptors (Lipinski definition) is 5. The molecule has 4 heterocycles. The van der Waals surface area contributed by atoms with Crippen molar-refractivity contribution in [2.24, 2.45) is 0 Å². The second kappa shape index (κ2) is 8.78. The lowest BCUT2D eigenvalue weighted by atomic mass is 10.0. The minimum Gasteiger partial charge on any atom is -0.357 e. The molecule has 2 amide bonds. The zero-order chi connectivity index (χ0) is 22.9. The van der Waals surface area contributed by atoms with Crippen molar-refractivity contribution >= 4 is 29.1 Å². The molecule has 8 nitrogen and oxygen atoms in total. The summed E-state index contributed by atoms with van der Waals surface area (Å²) >= 11 is 0. The van der Waals surface area contributed by atoms with Gasteiger partial charge in [0.2, 0.25) is 5.91 Å². The van der Waals surface area contributed by atoms with Crippen LogP contribution in [0.5, 0.6) is 0 Å². The largest absolute Gasteiger partial charge is 0.357 e. The Morgan fingerprint density at radius 2 is 2.12 bits per heavy atom. The molecule has 1 unspecified atom stereocenters. The number of amides is 2. The number of likely N-dealkylation sites (tertiary alicyclic amines) is 1. The van der Waals surface area contributed by atoms with Gasteiger partial charge in [0.05, 0.1) is 5.69 Å². The van der Waals surface area contributed by atoms with Crippen LogP contribution in [-0.4, -0.2) is 64.0 Å². The molecule has 1 aromatic carbocycles. The van der Waals surface area contributed by atoms with Gasteiger partial charge in [-0.3, -0.25) is 14.5 Å². The van der Waals surface area contributed by atoms with E-state index in [1.54, 1.807) is 11.9 Å². The van der Waals surface area contributed by atoms with Crippen LogP contribution in [0.3, 0.4) is 0 Å². The number of benzene rings is 1. The summed E-state index contributed by atoms with van der Waals surface area (Å²) in [5.41, 5.74) is 5.36. The van der Waals surface area contributed by atoms with Crippen molar-refractivity contribution in [3.63, 3.8) is 0 Å². The third kappa shape index (κ3) is 3.91. The number of fused-ring (bicyclic) bond motifs is 2. The number of nitrogens with one attached hydrogen (secondary N) is 2. The summed E-state index contributed by atoms with van der Waals surface area (Å²) in [6.07, 6.45) is 4.47. The standard InChI is InChI=1S/C25H27N5O3/c1-26-24(32)22(4-2-11-31)30-15-17-12-16(5-6-20(17)25(30)33)21-13-18(14-29-9-3-10-29)19-7-8-27-23(19)28-21/h5-8,11-13,22H,2-4,9-10,14-15H2,1H3,(H,26,32)(H,27,28). The number of aldehydes is 1. The van der Waals surface area contributed by atoms with Gasteiger partial charge in [-0.15, -0.1) is 0 Å². The smallest absolute Gasteiger partial charge is 0.255 e. The van der Waals surface area contributed by atoms with Crippen molar-refractivity contribution in [1.82, 2.24) is 25.1 Å². The van der Waals surface area contributed by atoms with E-state index in [1.807, 2.05) is 24.4 Å². The lowest BCUT2D eigenvalue weighted by Crippen LogP contribution is -2.46. The molecule has 2 N–H and O–H groups in total. The summed E-state index contributed by atoms with van der Waals surface area (Å²) < 4.78 is 0. The Hall–Kier alpha value is -3.52. The molecule has 2 aromatic heterocycles. The molecule has 5 rings (SSSR count). The monoisotopic (exact) mass is 445 g/mol. The summed E-state index contributed by atoms with van der Waals surface area (Å²) in [7, 11) is 1.54. The molecule has 170 valence electrons. The Kier molecular flexibility index (Phi) is 5.68. The second-order valence-corrected chi connectivity index (χ2v) is 8.72. The Labute approximate surface area is 192 Å². The predicted octanol–water partition coefficient (Wildman–Crippen LogP) is 2.49. The van der Waals surface area contributed by atoms with Crippen LogP contribution >= 0.6 is 0 Å². The van der Waals surface area contributed by atoms with Crippen molar-refractivity contribution in [3.05, 3.63) is 53.2 Å². The first-order valence-electron chi connectivity index (χ1n) is 11.4. The topological polar surface area (TPSA) is 98.4 Å². The van der Waals surface area contributed by atoms with Gasteiger partial charge in [0.1, 0.15) is 18.0 Å². The molecule has 0 spiro atoms. The van der Waals surface area contributed by atoms with E-state index in [-0.39, 0.29) is 18.2 Å². The Morgan fingerprint density at radius 1 is 1.27 bits per heavy atom. The summed E-state index contributed by atoms with van der Waals surface area (Å²) in [6, 6.07) is 9.29. The number of aromatic nitrogens is 2. The fraction of sp³-hybridized carbons (Fsp3) is 0.360. The third-order valence-electron chi connectivity index (χ3n) is 6.67. The maximum Gasteiger partial charge on any atom is 0.255 e. The highest BCUT2D eigenvalue weighted by Gasteiger charge is 2.36. The molecule has 0 aliphatic carbocycles. The van der Waals surface area contributed by atoms with Crippen molar-refractivity contribution in [2.45, 2.75) is 38.4 Å². The molecular weight excluding hydrogens is 418 g/mol. The van der Waals surface area contributed by atoms with Gasteiger partial charge in [0, 0.05) is 49.3 Å². The van der Waals surface area contributed by atoms with Crippen molar-refractivity contribution in [2.75, 3.05) is 20.1 Å². The molecule has 3 aromatic rings. The van der Waals surface area contributed by atoms with Gasteiger partial charge in [-0.1, -0.05) is 6.07 Å². The average Bonchev–Trinajstić information content (AvgIpc) is 3.40. The van der Waals surface area contributed by atoms with E-state index >= 15 is 0 Å². The minimum atomic E-state index is -0.667. The first kappa shape index (κ1) is 21.3. The van der Waals surface area contributed by atoms with E-state index < -0.39 is 6.04 Å². The number of pyridine rings is 1. The number of H-pyrrole nitrogens is 1. The van der Waals surface area contributed by atoms with Gasteiger partial charge >= 0.3 is 0 Å². The summed E-state index contributed by atoms with van der Waals surface area (Å²) in [4.78, 5) is 48.4. The molecule has 2 aliphatic rings. The Morgan fingerprint density at radius 3 is 2.85 bits per heavy atom. The number of rotatable bonds is 8. The number of carbonyl (C=O) groups excluding carboxylic acids is 3. The van der Waals surface area contributed by atoms with Gasteiger partial charge in [-0.25, -0.2) is 4.98 Å². The van der Waals surface area contributed by atoms with E-state index in [9.17, 15) is 14.4 Å². The van der Waals surface area contributed by atoms with Crippen molar-refractivity contribution in [1.29, 1.82) is 0 Å². The summed E-state index contributed by atoms with van der Waals surface area (Å²) in [6.45, 7) is 3.48. The molecule has 0 saturated carbocycles. The van der Waals surface area contributed by atoms with Crippen LogP contribution in [0.25, 0.3) is 22.3 Å². The van der Waals surface area contributed by atoms with Crippen LogP contribution < -0.4 is 5.32 Å². The van der Waals surface area contributed by atoms with Gasteiger partial charge in [0.25, 0.3) is 5.91 Å². The van der Waals surface area contributed by atoms with E-state index in [4.69, 9.17) is 4.98 Å². The minimum absolute atomic E-state index is 0.178. The number of carbonyl (C=O) groups is 3. The normalized spacial score (nSPS) is 16.5. The highest BCUT2D eigenvalue weighted by atomic mass is 16.2. The first-order chi connectivity index (χ1) is 16.1. The number of nitrogens with zero attached hydrogens (tertiary/aromatic N) is 3. The molecule has 1 fully saturated rings. The van der Waals surface area contributed by atoms with Crippen LogP contribution in [-0.2, 0) is 22.7 Å². The fourth-order valence-electron chi connectivity index (χ4n) is 4.74. The molecule has 0 bridgehead atoms. The molecular formula is C25H27N5O3. The van der Waals surface area contributed by atoms with Crippen LogP contribution in [0.1, 0.15) is 40.7 Å². The quantitative estimate of drug-likeness (QED) is 0.519. The molecule has 33 heavy (non-hydrogen) atoms. The van der Waals surface area contributed by atoms with Crippen LogP contribution in [0.15, 0.2) is 36.5 Å². The zero-order valence-corrected chi connectivity index (χ0v) is 18.6. The number of hydrogen-bond donors (Lipinski definition) is 2. The fourth-order valence-corrected chi connectivity index (χ4v) is 4.74. The Balaban J connectivity index is 1.46. The van der Waals surface area contributed by atoms with E-state index in [2.05, 4.69) is 27.3 Å². The second-order valence-electron chi connectivity index (χ2n) is 8.72. The molecule has 8 heteroatoms. The number of aromatic amines is 1. The van der Waals surface area contributed by atoms with Crippen LogP contribution in [0, 0.1) is 0 Å². The summed E-state index contributed by atoms with van der Waals surface area (Å²) in [5.74, 6) is -0.435. The zero-order valence-electron chi connectivity index (χ0n) is 18.6.